The Morgan fingerprint density at radius 3 is 2.48 bits per heavy atom. The minimum absolute atomic E-state index is 0.376. The van der Waals surface area contributed by atoms with Crippen LogP contribution in [0.25, 0.3) is 11.1 Å². The highest BCUT2D eigenvalue weighted by Gasteiger charge is 2.38. The lowest BCUT2D eigenvalue weighted by molar-refractivity contribution is -0.139. The van der Waals surface area contributed by atoms with Gasteiger partial charge in [-0.15, -0.1) is 0 Å². The first-order chi connectivity index (χ1) is 13.5. The van der Waals surface area contributed by atoms with Gasteiger partial charge in [0.25, 0.3) is 11.8 Å². The lowest BCUT2D eigenvalue weighted by Crippen LogP contribution is -2.54. The second-order valence-corrected chi connectivity index (χ2v) is 7.82. The van der Waals surface area contributed by atoms with Gasteiger partial charge in [-0.05, 0) is 51.0 Å². The van der Waals surface area contributed by atoms with Crippen molar-refractivity contribution in [3.05, 3.63) is 48.0 Å². The van der Waals surface area contributed by atoms with E-state index in [0.717, 1.165) is 16.0 Å². The van der Waals surface area contributed by atoms with Crippen molar-refractivity contribution >= 4 is 29.1 Å². The predicted molar refractivity (Wildman–Crippen MR) is 111 cm³/mol. The van der Waals surface area contributed by atoms with E-state index in [1.807, 2.05) is 24.3 Å². The zero-order valence-corrected chi connectivity index (χ0v) is 16.9. The van der Waals surface area contributed by atoms with Gasteiger partial charge < -0.3 is 16.2 Å². The number of imide groups is 1. The maximum atomic E-state index is 13.3. The number of hydrogen-bond acceptors (Lipinski definition) is 5. The highest BCUT2D eigenvalue weighted by Crippen LogP contribution is 2.44. The van der Waals surface area contributed by atoms with Crippen molar-refractivity contribution in [3.63, 3.8) is 0 Å². The number of aliphatic hydroxyl groups is 1. The molecule has 1 aliphatic heterocycles. The van der Waals surface area contributed by atoms with Gasteiger partial charge in [0.2, 0.25) is 5.91 Å². The summed E-state index contributed by atoms with van der Waals surface area (Å²) in [6.45, 7) is 5.87. The number of benzene rings is 2. The number of anilines is 2. The molecule has 7 heteroatoms. The summed E-state index contributed by atoms with van der Waals surface area (Å²) < 4.78 is 0. The number of carbonyl (C=O) groups is 3. The predicted octanol–water partition coefficient (Wildman–Crippen LogP) is 2.19. The Bertz CT molecular complexity index is 994. The molecule has 1 aliphatic rings. The summed E-state index contributed by atoms with van der Waals surface area (Å²) in [6.07, 6.45) is 0. The number of nitrogens with one attached hydrogen (secondary N) is 1. The second kappa shape index (κ2) is 7.33. The molecular weight excluding hydrogens is 370 g/mol. The molecule has 1 heterocycles. The highest BCUT2D eigenvalue weighted by molar-refractivity contribution is 6.22. The van der Waals surface area contributed by atoms with Gasteiger partial charge in [-0.25, -0.2) is 4.90 Å². The fourth-order valence-electron chi connectivity index (χ4n) is 3.44. The number of nitrogen functional groups attached to an aromatic ring is 1. The SMILES string of the molecule is CC1C(=O)N(C(=O)[C@H](C)NC(=O)C(C)(C)O)c2cccc(N)c2-c2ccccc21. The Hall–Kier alpha value is -3.19. The van der Waals surface area contributed by atoms with Gasteiger partial charge in [-0.1, -0.05) is 30.3 Å². The number of nitrogens with zero attached hydrogens (tertiary/aromatic N) is 1. The van der Waals surface area contributed by atoms with Crippen LogP contribution in [0.5, 0.6) is 0 Å². The Balaban J connectivity index is 2.11. The Morgan fingerprint density at radius 1 is 1.17 bits per heavy atom. The van der Waals surface area contributed by atoms with E-state index < -0.39 is 35.3 Å². The zero-order chi connectivity index (χ0) is 21.5. The molecule has 0 saturated carbocycles. The van der Waals surface area contributed by atoms with E-state index in [9.17, 15) is 19.5 Å². The number of hydrogen-bond donors (Lipinski definition) is 3. The molecule has 0 bridgehead atoms. The Morgan fingerprint density at radius 2 is 1.83 bits per heavy atom. The quantitative estimate of drug-likeness (QED) is 0.690. The van der Waals surface area contributed by atoms with Crippen LogP contribution < -0.4 is 16.0 Å². The van der Waals surface area contributed by atoms with E-state index in [0.29, 0.717) is 16.9 Å². The third-order valence-corrected chi connectivity index (χ3v) is 5.10. The summed E-state index contributed by atoms with van der Waals surface area (Å²) in [4.78, 5) is 39.8. The van der Waals surface area contributed by atoms with Gasteiger partial charge in [0.05, 0.1) is 11.6 Å². The molecule has 3 rings (SSSR count). The Labute approximate surface area is 169 Å². The molecule has 2 atom stereocenters. The summed E-state index contributed by atoms with van der Waals surface area (Å²) in [5, 5.41) is 12.3. The second-order valence-electron chi connectivity index (χ2n) is 7.82. The fourth-order valence-corrected chi connectivity index (χ4v) is 3.44. The summed E-state index contributed by atoms with van der Waals surface area (Å²) in [5.41, 5.74) is 7.60. The number of rotatable bonds is 3. The normalized spacial score (nSPS) is 17.1. The van der Waals surface area contributed by atoms with Crippen LogP contribution in [-0.2, 0) is 14.4 Å². The molecule has 152 valence electrons. The third kappa shape index (κ3) is 3.61. The van der Waals surface area contributed by atoms with Crippen LogP contribution >= 0.6 is 0 Å². The lowest BCUT2D eigenvalue weighted by atomic mass is 9.92. The van der Waals surface area contributed by atoms with Crippen LogP contribution in [0.15, 0.2) is 42.5 Å². The molecule has 1 unspecified atom stereocenters. The number of fused-ring (bicyclic) bond motifs is 3. The minimum Gasteiger partial charge on any atom is -0.398 e. The monoisotopic (exact) mass is 395 g/mol. The van der Waals surface area contributed by atoms with Crippen molar-refractivity contribution in [1.82, 2.24) is 5.32 Å². The van der Waals surface area contributed by atoms with Gasteiger partial charge in [-0.3, -0.25) is 14.4 Å². The van der Waals surface area contributed by atoms with E-state index in [1.165, 1.54) is 20.8 Å². The largest absolute Gasteiger partial charge is 0.398 e. The van der Waals surface area contributed by atoms with E-state index in [2.05, 4.69) is 5.32 Å². The van der Waals surface area contributed by atoms with Gasteiger partial charge in [0.1, 0.15) is 11.6 Å². The lowest BCUT2D eigenvalue weighted by Gasteiger charge is -2.28. The van der Waals surface area contributed by atoms with Crippen LogP contribution in [0, 0.1) is 0 Å². The molecule has 29 heavy (non-hydrogen) atoms. The van der Waals surface area contributed by atoms with Crippen molar-refractivity contribution < 1.29 is 19.5 Å². The maximum Gasteiger partial charge on any atom is 0.256 e. The van der Waals surface area contributed by atoms with Crippen LogP contribution in [0.4, 0.5) is 11.4 Å². The molecule has 7 nitrogen and oxygen atoms in total. The molecule has 2 aromatic rings. The molecule has 2 aromatic carbocycles. The first kappa shape index (κ1) is 20.5. The molecule has 0 aliphatic carbocycles. The third-order valence-electron chi connectivity index (χ3n) is 5.10. The summed E-state index contributed by atoms with van der Waals surface area (Å²) in [6, 6.07) is 11.5. The van der Waals surface area contributed by atoms with Gasteiger partial charge >= 0.3 is 0 Å². The van der Waals surface area contributed by atoms with Gasteiger partial charge in [0, 0.05) is 11.3 Å². The molecule has 0 saturated heterocycles. The highest BCUT2D eigenvalue weighted by atomic mass is 16.3. The van der Waals surface area contributed by atoms with Crippen molar-refractivity contribution in [2.45, 2.75) is 45.3 Å². The maximum absolute atomic E-state index is 13.3. The topological polar surface area (TPSA) is 113 Å². The number of amides is 3. The van der Waals surface area contributed by atoms with E-state index in [4.69, 9.17) is 5.73 Å². The molecule has 0 fully saturated rings. The number of nitrogens with two attached hydrogens (primary N) is 1. The summed E-state index contributed by atoms with van der Waals surface area (Å²) in [5.74, 6) is -2.29. The van der Waals surface area contributed by atoms with Crippen molar-refractivity contribution in [2.75, 3.05) is 10.6 Å². The van der Waals surface area contributed by atoms with Crippen molar-refractivity contribution in [3.8, 4) is 11.1 Å². The van der Waals surface area contributed by atoms with Crippen LogP contribution in [0.1, 0.15) is 39.2 Å². The van der Waals surface area contributed by atoms with Crippen molar-refractivity contribution in [1.29, 1.82) is 0 Å². The molecule has 0 radical (unpaired) electrons. The fraction of sp³-hybridized carbons (Fsp3) is 0.318. The first-order valence-corrected chi connectivity index (χ1v) is 9.43. The standard InChI is InChI=1S/C22H25N3O4/c1-12-14-8-5-6-9-15(14)18-16(23)10-7-11-17(18)25(19(12)26)20(27)13(2)24-21(28)22(3,4)29/h5-13,29H,23H2,1-4H3,(H,24,28)/t12?,13-/m0/s1. The van der Waals surface area contributed by atoms with E-state index >= 15 is 0 Å². The molecule has 0 spiro atoms. The van der Waals surface area contributed by atoms with Gasteiger partial charge in [0.15, 0.2) is 0 Å². The average Bonchev–Trinajstić information content (AvgIpc) is 2.75. The summed E-state index contributed by atoms with van der Waals surface area (Å²) >= 11 is 0. The molecule has 0 aromatic heterocycles. The molecule has 4 N–H and O–H groups in total. The molecule has 3 amide bonds. The summed E-state index contributed by atoms with van der Waals surface area (Å²) in [7, 11) is 0. The minimum atomic E-state index is -1.65. The van der Waals surface area contributed by atoms with Crippen LogP contribution in [0.3, 0.4) is 0 Å². The first-order valence-electron chi connectivity index (χ1n) is 9.43. The van der Waals surface area contributed by atoms with Crippen LogP contribution in [-0.4, -0.2) is 34.5 Å². The van der Waals surface area contributed by atoms with Crippen LogP contribution in [0.2, 0.25) is 0 Å². The molecular formula is C22H25N3O4. The van der Waals surface area contributed by atoms with E-state index in [-0.39, 0.29) is 0 Å². The Kier molecular flexibility index (Phi) is 5.19. The van der Waals surface area contributed by atoms with Gasteiger partial charge in [-0.2, -0.15) is 0 Å². The average molecular weight is 395 g/mol. The number of carbonyl (C=O) groups excluding carboxylic acids is 3. The zero-order valence-electron chi connectivity index (χ0n) is 16.9. The smallest absolute Gasteiger partial charge is 0.256 e. The van der Waals surface area contributed by atoms with Crippen molar-refractivity contribution in [2.24, 2.45) is 0 Å². The van der Waals surface area contributed by atoms with E-state index in [1.54, 1.807) is 25.1 Å².